The summed E-state index contributed by atoms with van der Waals surface area (Å²) < 4.78 is 1.88. The number of anilines is 1. The summed E-state index contributed by atoms with van der Waals surface area (Å²) in [5, 5.41) is 8.06. The van der Waals surface area contributed by atoms with Crippen molar-refractivity contribution in [3.63, 3.8) is 0 Å². The first kappa shape index (κ1) is 18.8. The van der Waals surface area contributed by atoms with Crippen LogP contribution in [-0.2, 0) is 0 Å². The van der Waals surface area contributed by atoms with Gasteiger partial charge in [0.05, 0.1) is 6.20 Å². The van der Waals surface area contributed by atoms with Gasteiger partial charge in [-0.25, -0.2) is 9.50 Å². The van der Waals surface area contributed by atoms with E-state index in [4.69, 9.17) is 4.98 Å². The van der Waals surface area contributed by atoms with Crippen molar-refractivity contribution in [2.75, 3.05) is 18.0 Å². The molecule has 0 amide bonds. The Bertz CT molecular complexity index is 1170. The van der Waals surface area contributed by atoms with Gasteiger partial charge in [0.1, 0.15) is 0 Å². The minimum absolute atomic E-state index is 0.488. The second kappa shape index (κ2) is 7.58. The van der Waals surface area contributed by atoms with Gasteiger partial charge in [-0.05, 0) is 44.0 Å². The van der Waals surface area contributed by atoms with Crippen molar-refractivity contribution in [1.29, 1.82) is 0 Å². The number of nitrogens with one attached hydrogen (secondary N) is 1. The van der Waals surface area contributed by atoms with Gasteiger partial charge in [-0.1, -0.05) is 42.0 Å². The van der Waals surface area contributed by atoms with Gasteiger partial charge in [-0.3, -0.25) is 0 Å². The molecule has 0 bridgehead atoms. The fraction of sp³-hybridized carbons (Fsp3) is 0.280. The van der Waals surface area contributed by atoms with Crippen molar-refractivity contribution in [2.24, 2.45) is 0 Å². The van der Waals surface area contributed by atoms with Crippen LogP contribution in [0.5, 0.6) is 0 Å². The molecule has 5 rings (SSSR count). The minimum atomic E-state index is 0.488. The average Bonchev–Trinajstić information content (AvgIpc) is 3.17. The van der Waals surface area contributed by atoms with E-state index in [-0.39, 0.29) is 0 Å². The van der Waals surface area contributed by atoms with Crippen molar-refractivity contribution >= 4 is 11.3 Å². The zero-order valence-electron chi connectivity index (χ0n) is 17.7. The number of hydrogen-bond donors (Lipinski definition) is 1. The van der Waals surface area contributed by atoms with Crippen molar-refractivity contribution in [2.45, 2.75) is 32.9 Å². The summed E-state index contributed by atoms with van der Waals surface area (Å²) in [5.41, 5.74) is 7.80. The third-order valence-corrected chi connectivity index (χ3v) is 6.01. The van der Waals surface area contributed by atoms with Gasteiger partial charge in [-0.2, -0.15) is 5.10 Å². The lowest BCUT2D eigenvalue weighted by Gasteiger charge is -2.41. The Morgan fingerprint density at radius 3 is 2.40 bits per heavy atom. The number of piperazine rings is 1. The van der Waals surface area contributed by atoms with Crippen LogP contribution in [0.3, 0.4) is 0 Å². The highest BCUT2D eigenvalue weighted by Gasteiger charge is 2.24. The Morgan fingerprint density at radius 2 is 1.67 bits per heavy atom. The summed E-state index contributed by atoms with van der Waals surface area (Å²) in [6.45, 7) is 8.70. The zero-order chi connectivity index (χ0) is 20.7. The van der Waals surface area contributed by atoms with Gasteiger partial charge >= 0.3 is 0 Å². The number of aryl methyl sites for hydroxylation is 1. The number of aromatic nitrogens is 3. The standard InChI is InChI=1S/C25H27N5/c1-17-5-4-6-21(11-17)24-15-28-29-16-22(14-27-25(24)29)20-7-9-23(10-8-20)30-18(2)12-26-13-19(30)3/h4-11,14-16,18-19,26H,12-13H2,1-3H3. The SMILES string of the molecule is Cc1cccc(-c2cnn3cc(-c4ccc(N5C(C)CNCC5C)cc4)cnc23)c1. The molecule has 2 atom stereocenters. The Labute approximate surface area is 177 Å². The summed E-state index contributed by atoms with van der Waals surface area (Å²) in [6, 6.07) is 18.2. The van der Waals surface area contributed by atoms with E-state index in [1.165, 1.54) is 11.3 Å². The van der Waals surface area contributed by atoms with E-state index in [9.17, 15) is 0 Å². The van der Waals surface area contributed by atoms with Gasteiger partial charge in [0.15, 0.2) is 5.65 Å². The number of hydrogen-bond acceptors (Lipinski definition) is 4. The molecule has 0 radical (unpaired) electrons. The molecule has 1 aliphatic heterocycles. The van der Waals surface area contributed by atoms with Crippen molar-refractivity contribution < 1.29 is 0 Å². The van der Waals surface area contributed by atoms with E-state index in [2.05, 4.69) is 90.8 Å². The Kier molecular flexibility index (Phi) is 4.75. The molecule has 0 saturated carbocycles. The van der Waals surface area contributed by atoms with Crippen LogP contribution < -0.4 is 10.2 Å². The number of nitrogens with zero attached hydrogens (tertiary/aromatic N) is 4. The molecule has 5 heteroatoms. The number of fused-ring (bicyclic) bond motifs is 1. The number of rotatable bonds is 3. The lowest BCUT2D eigenvalue weighted by molar-refractivity contribution is 0.432. The van der Waals surface area contributed by atoms with E-state index < -0.39 is 0 Å². The summed E-state index contributed by atoms with van der Waals surface area (Å²) in [5.74, 6) is 0. The van der Waals surface area contributed by atoms with Crippen LogP contribution in [-0.4, -0.2) is 39.8 Å². The molecular formula is C25H27N5. The molecule has 1 aliphatic rings. The Hall–Kier alpha value is -3.18. The maximum atomic E-state index is 4.74. The van der Waals surface area contributed by atoms with E-state index in [1.54, 1.807) is 0 Å². The smallest absolute Gasteiger partial charge is 0.162 e. The first-order valence-corrected chi connectivity index (χ1v) is 10.6. The normalized spacial score (nSPS) is 19.4. The maximum Gasteiger partial charge on any atom is 0.162 e. The van der Waals surface area contributed by atoms with Gasteiger partial charge in [0, 0.05) is 54.4 Å². The van der Waals surface area contributed by atoms with Crippen LogP contribution in [0, 0.1) is 6.92 Å². The highest BCUT2D eigenvalue weighted by atomic mass is 15.2. The van der Waals surface area contributed by atoms with Gasteiger partial charge in [0.25, 0.3) is 0 Å². The van der Waals surface area contributed by atoms with E-state index in [0.717, 1.165) is 41.0 Å². The zero-order valence-corrected chi connectivity index (χ0v) is 17.7. The second-order valence-electron chi connectivity index (χ2n) is 8.35. The average molecular weight is 398 g/mol. The van der Waals surface area contributed by atoms with Crippen molar-refractivity contribution in [1.82, 2.24) is 19.9 Å². The van der Waals surface area contributed by atoms with Crippen LogP contribution in [0.1, 0.15) is 19.4 Å². The molecule has 30 heavy (non-hydrogen) atoms. The molecule has 2 aromatic heterocycles. The van der Waals surface area contributed by atoms with E-state index in [1.807, 2.05) is 16.9 Å². The monoisotopic (exact) mass is 397 g/mol. The molecule has 1 N–H and O–H groups in total. The second-order valence-corrected chi connectivity index (χ2v) is 8.35. The highest BCUT2D eigenvalue weighted by Crippen LogP contribution is 2.28. The molecular weight excluding hydrogens is 370 g/mol. The third kappa shape index (κ3) is 3.35. The molecule has 2 aromatic carbocycles. The molecule has 2 unspecified atom stereocenters. The minimum Gasteiger partial charge on any atom is -0.364 e. The fourth-order valence-corrected chi connectivity index (χ4v) is 4.51. The van der Waals surface area contributed by atoms with Crippen LogP contribution in [0.15, 0.2) is 67.1 Å². The molecule has 5 nitrogen and oxygen atoms in total. The first-order valence-electron chi connectivity index (χ1n) is 10.6. The molecule has 1 fully saturated rings. The number of benzene rings is 2. The van der Waals surface area contributed by atoms with Gasteiger partial charge in [0.2, 0.25) is 0 Å². The fourth-order valence-electron chi connectivity index (χ4n) is 4.51. The Balaban J connectivity index is 1.45. The van der Waals surface area contributed by atoms with E-state index in [0.29, 0.717) is 12.1 Å². The lowest BCUT2D eigenvalue weighted by Crippen LogP contribution is -2.55. The maximum absolute atomic E-state index is 4.74. The quantitative estimate of drug-likeness (QED) is 0.551. The molecule has 152 valence electrons. The van der Waals surface area contributed by atoms with Gasteiger partial charge in [-0.15, -0.1) is 0 Å². The lowest BCUT2D eigenvalue weighted by atomic mass is 10.0. The van der Waals surface area contributed by atoms with Crippen LogP contribution in [0.25, 0.3) is 27.9 Å². The van der Waals surface area contributed by atoms with Crippen molar-refractivity contribution in [3.8, 4) is 22.3 Å². The molecule has 1 saturated heterocycles. The van der Waals surface area contributed by atoms with Crippen molar-refractivity contribution in [3.05, 3.63) is 72.7 Å². The largest absolute Gasteiger partial charge is 0.364 e. The van der Waals surface area contributed by atoms with Crippen LogP contribution in [0.4, 0.5) is 5.69 Å². The Morgan fingerprint density at radius 1 is 0.900 bits per heavy atom. The predicted octanol–water partition coefficient (Wildman–Crippen LogP) is 4.56. The van der Waals surface area contributed by atoms with Gasteiger partial charge < -0.3 is 10.2 Å². The van der Waals surface area contributed by atoms with Crippen LogP contribution in [0.2, 0.25) is 0 Å². The topological polar surface area (TPSA) is 45.5 Å². The van der Waals surface area contributed by atoms with Crippen LogP contribution >= 0.6 is 0 Å². The summed E-state index contributed by atoms with van der Waals surface area (Å²) >= 11 is 0. The predicted molar refractivity (Wildman–Crippen MR) is 123 cm³/mol. The molecule has 0 spiro atoms. The summed E-state index contributed by atoms with van der Waals surface area (Å²) in [6.07, 6.45) is 5.91. The molecule has 4 aromatic rings. The molecule has 3 heterocycles. The first-order chi connectivity index (χ1) is 14.6. The third-order valence-electron chi connectivity index (χ3n) is 6.01. The molecule has 0 aliphatic carbocycles. The summed E-state index contributed by atoms with van der Waals surface area (Å²) in [4.78, 5) is 7.25. The summed E-state index contributed by atoms with van der Waals surface area (Å²) in [7, 11) is 0. The van der Waals surface area contributed by atoms with E-state index >= 15 is 0 Å². The highest BCUT2D eigenvalue weighted by molar-refractivity contribution is 5.78.